The second-order valence-corrected chi connectivity index (χ2v) is 6.84. The second-order valence-electron chi connectivity index (χ2n) is 5.92. The summed E-state index contributed by atoms with van der Waals surface area (Å²) in [5.74, 6) is -0.0346. The summed E-state index contributed by atoms with van der Waals surface area (Å²) in [6.07, 6.45) is 1.70. The Labute approximate surface area is 146 Å². The quantitative estimate of drug-likeness (QED) is 0.706. The van der Waals surface area contributed by atoms with E-state index in [0.29, 0.717) is 11.0 Å². The first-order valence-corrected chi connectivity index (χ1v) is 8.63. The molecule has 1 unspecified atom stereocenters. The minimum atomic E-state index is -0.501. The van der Waals surface area contributed by atoms with Crippen molar-refractivity contribution in [2.24, 2.45) is 0 Å². The molecule has 4 rings (SSSR count). The molecule has 1 aliphatic rings. The van der Waals surface area contributed by atoms with Gasteiger partial charge in [-0.25, -0.2) is 9.37 Å². The van der Waals surface area contributed by atoms with Gasteiger partial charge in [0.25, 0.3) is 5.91 Å². The van der Waals surface area contributed by atoms with Crippen LogP contribution in [0.4, 0.5) is 4.39 Å². The van der Waals surface area contributed by atoms with Crippen LogP contribution in [0.3, 0.4) is 0 Å². The minimum Gasteiger partial charge on any atom is -0.340 e. The molecule has 1 aliphatic heterocycles. The lowest BCUT2D eigenvalue weighted by Gasteiger charge is -2.23. The van der Waals surface area contributed by atoms with E-state index in [2.05, 4.69) is 25.9 Å². The number of nitrogens with zero attached hydrogens (tertiary/aromatic N) is 2. The van der Waals surface area contributed by atoms with E-state index in [1.165, 1.54) is 12.1 Å². The molecule has 0 radical (unpaired) electrons. The highest BCUT2D eigenvalue weighted by Crippen LogP contribution is 2.33. The van der Waals surface area contributed by atoms with E-state index in [4.69, 9.17) is 0 Å². The molecule has 0 aliphatic carbocycles. The number of nitrogens with one attached hydrogen (secondary N) is 1. The molecule has 2 heterocycles. The maximum absolute atomic E-state index is 14.1. The van der Waals surface area contributed by atoms with Gasteiger partial charge in [0.15, 0.2) is 0 Å². The summed E-state index contributed by atoms with van der Waals surface area (Å²) in [6, 6.07) is 12.1. The van der Waals surface area contributed by atoms with Gasteiger partial charge in [-0.3, -0.25) is 4.79 Å². The Balaban J connectivity index is 1.69. The SMILES string of the molecule is O=C(c1cc(Br)ccc1F)N1CCCC1c1nc2ccccc2[nH]1. The number of aromatic nitrogens is 2. The van der Waals surface area contributed by atoms with E-state index in [1.807, 2.05) is 24.3 Å². The van der Waals surface area contributed by atoms with Crippen LogP contribution in [0, 0.1) is 5.82 Å². The number of aromatic amines is 1. The van der Waals surface area contributed by atoms with E-state index < -0.39 is 5.82 Å². The Bertz CT molecular complexity index is 891. The molecule has 1 atom stereocenters. The van der Waals surface area contributed by atoms with Crippen LogP contribution in [0.25, 0.3) is 11.0 Å². The van der Waals surface area contributed by atoms with Gasteiger partial charge >= 0.3 is 0 Å². The summed E-state index contributed by atoms with van der Waals surface area (Å²) >= 11 is 3.30. The topological polar surface area (TPSA) is 49.0 Å². The Morgan fingerprint density at radius 1 is 1.29 bits per heavy atom. The third-order valence-corrected chi connectivity index (χ3v) is 4.89. The van der Waals surface area contributed by atoms with E-state index in [-0.39, 0.29) is 17.5 Å². The van der Waals surface area contributed by atoms with Crippen molar-refractivity contribution < 1.29 is 9.18 Å². The Hall–Kier alpha value is -2.21. The maximum atomic E-state index is 14.1. The van der Waals surface area contributed by atoms with Crippen molar-refractivity contribution in [2.45, 2.75) is 18.9 Å². The van der Waals surface area contributed by atoms with Crippen molar-refractivity contribution in [2.75, 3.05) is 6.54 Å². The molecule has 24 heavy (non-hydrogen) atoms. The first-order valence-electron chi connectivity index (χ1n) is 7.84. The molecule has 1 saturated heterocycles. The van der Waals surface area contributed by atoms with Crippen molar-refractivity contribution in [1.29, 1.82) is 0 Å². The van der Waals surface area contributed by atoms with Crippen LogP contribution in [0.5, 0.6) is 0 Å². The molecular formula is C18H15BrFN3O. The van der Waals surface area contributed by atoms with Gasteiger partial charge in [-0.15, -0.1) is 0 Å². The van der Waals surface area contributed by atoms with Crippen molar-refractivity contribution in [1.82, 2.24) is 14.9 Å². The largest absolute Gasteiger partial charge is 0.340 e. The average molecular weight is 388 g/mol. The fourth-order valence-corrected chi connectivity index (χ4v) is 3.60. The Morgan fingerprint density at radius 3 is 2.96 bits per heavy atom. The standard InChI is InChI=1S/C18H15BrFN3O/c19-11-7-8-13(20)12(10-11)18(24)23-9-3-6-16(23)17-21-14-4-1-2-5-15(14)22-17/h1-2,4-5,7-8,10,16H,3,6,9H2,(H,21,22). The lowest BCUT2D eigenvalue weighted by molar-refractivity contribution is 0.0725. The molecule has 0 saturated carbocycles. The molecule has 0 bridgehead atoms. The number of hydrogen-bond acceptors (Lipinski definition) is 2. The third kappa shape index (κ3) is 2.60. The number of halogens is 2. The fourth-order valence-electron chi connectivity index (χ4n) is 3.24. The number of amides is 1. The number of carbonyl (C=O) groups excluding carboxylic acids is 1. The monoisotopic (exact) mass is 387 g/mol. The van der Waals surface area contributed by atoms with Gasteiger partial charge in [-0.2, -0.15) is 0 Å². The van der Waals surface area contributed by atoms with E-state index >= 15 is 0 Å². The zero-order valence-electron chi connectivity index (χ0n) is 12.8. The molecule has 2 aromatic carbocycles. The minimum absolute atomic E-state index is 0.0902. The number of benzene rings is 2. The van der Waals surface area contributed by atoms with Crippen LogP contribution in [0.1, 0.15) is 35.1 Å². The van der Waals surface area contributed by atoms with E-state index in [1.54, 1.807) is 11.0 Å². The molecule has 3 aromatic rings. The second kappa shape index (κ2) is 6.02. The lowest BCUT2D eigenvalue weighted by atomic mass is 10.1. The number of H-pyrrole nitrogens is 1. The van der Waals surface area contributed by atoms with Gasteiger partial charge in [0.2, 0.25) is 0 Å². The van der Waals surface area contributed by atoms with Gasteiger partial charge in [0.05, 0.1) is 22.6 Å². The summed E-state index contributed by atoms with van der Waals surface area (Å²) in [5.41, 5.74) is 1.91. The smallest absolute Gasteiger partial charge is 0.257 e. The van der Waals surface area contributed by atoms with Gasteiger partial charge in [-0.05, 0) is 43.2 Å². The first-order chi connectivity index (χ1) is 11.6. The number of likely N-dealkylation sites (tertiary alicyclic amines) is 1. The van der Waals surface area contributed by atoms with Gasteiger partial charge in [-0.1, -0.05) is 28.1 Å². The van der Waals surface area contributed by atoms with E-state index in [0.717, 1.165) is 29.7 Å². The predicted octanol–water partition coefficient (Wildman–Crippen LogP) is 4.44. The van der Waals surface area contributed by atoms with Crippen LogP contribution in [-0.4, -0.2) is 27.3 Å². The zero-order valence-corrected chi connectivity index (χ0v) is 14.4. The van der Waals surface area contributed by atoms with Crippen LogP contribution in [0.2, 0.25) is 0 Å². The summed E-state index contributed by atoms with van der Waals surface area (Å²) in [5, 5.41) is 0. The third-order valence-electron chi connectivity index (χ3n) is 4.40. The molecule has 6 heteroatoms. The summed E-state index contributed by atoms with van der Waals surface area (Å²) < 4.78 is 14.8. The molecular weight excluding hydrogens is 373 g/mol. The Kier molecular flexibility index (Phi) is 3.84. The number of para-hydroxylation sites is 2. The average Bonchev–Trinajstić information content (AvgIpc) is 3.22. The number of carbonyl (C=O) groups is 1. The molecule has 0 spiro atoms. The molecule has 4 nitrogen and oxygen atoms in total. The summed E-state index contributed by atoms with van der Waals surface area (Å²) in [7, 11) is 0. The maximum Gasteiger partial charge on any atom is 0.257 e. The first kappa shape index (κ1) is 15.3. The normalized spacial score (nSPS) is 17.6. The number of fused-ring (bicyclic) bond motifs is 1. The van der Waals surface area contributed by atoms with Crippen LogP contribution >= 0.6 is 15.9 Å². The number of rotatable bonds is 2. The highest BCUT2D eigenvalue weighted by atomic mass is 79.9. The molecule has 1 aromatic heterocycles. The zero-order chi connectivity index (χ0) is 16.7. The van der Waals surface area contributed by atoms with Gasteiger partial charge < -0.3 is 9.88 Å². The van der Waals surface area contributed by atoms with Crippen LogP contribution in [-0.2, 0) is 0 Å². The molecule has 122 valence electrons. The van der Waals surface area contributed by atoms with Crippen molar-refractivity contribution in [3.05, 3.63) is 64.1 Å². The number of hydrogen-bond donors (Lipinski definition) is 1. The van der Waals surface area contributed by atoms with Crippen LogP contribution in [0.15, 0.2) is 46.9 Å². The van der Waals surface area contributed by atoms with Crippen LogP contribution < -0.4 is 0 Å². The van der Waals surface area contributed by atoms with Crippen molar-refractivity contribution >= 4 is 32.9 Å². The highest BCUT2D eigenvalue weighted by molar-refractivity contribution is 9.10. The Morgan fingerprint density at radius 2 is 2.12 bits per heavy atom. The molecule has 1 amide bonds. The van der Waals surface area contributed by atoms with Gasteiger partial charge in [0, 0.05) is 11.0 Å². The van der Waals surface area contributed by atoms with Crippen molar-refractivity contribution in [3.8, 4) is 0 Å². The van der Waals surface area contributed by atoms with Gasteiger partial charge in [0.1, 0.15) is 11.6 Å². The van der Waals surface area contributed by atoms with E-state index in [9.17, 15) is 9.18 Å². The molecule has 1 N–H and O–H groups in total. The van der Waals surface area contributed by atoms with Crippen molar-refractivity contribution in [3.63, 3.8) is 0 Å². The molecule has 1 fully saturated rings. The summed E-state index contributed by atoms with van der Waals surface area (Å²) in [4.78, 5) is 22.5. The highest BCUT2D eigenvalue weighted by Gasteiger charge is 2.33. The fraction of sp³-hybridized carbons (Fsp3) is 0.222. The predicted molar refractivity (Wildman–Crippen MR) is 93.2 cm³/mol. The summed E-state index contributed by atoms with van der Waals surface area (Å²) in [6.45, 7) is 0.604. The lowest BCUT2D eigenvalue weighted by Crippen LogP contribution is -2.31. The number of imidazole rings is 1.